The highest BCUT2D eigenvalue weighted by molar-refractivity contribution is 5.94. The van der Waals surface area contributed by atoms with Gasteiger partial charge in [-0.15, -0.1) is 0 Å². The Hall–Kier alpha value is -3.08. The molecule has 128 valence electrons. The summed E-state index contributed by atoms with van der Waals surface area (Å²) in [5, 5.41) is 3.75. The highest BCUT2D eigenvalue weighted by atomic mass is 16.5. The van der Waals surface area contributed by atoms with Gasteiger partial charge < -0.3 is 15.0 Å². The number of aromatic amines is 1. The summed E-state index contributed by atoms with van der Waals surface area (Å²) in [7, 11) is 1.55. The van der Waals surface area contributed by atoms with Gasteiger partial charge in [-0.3, -0.25) is 9.59 Å². The van der Waals surface area contributed by atoms with Crippen molar-refractivity contribution in [1.82, 2.24) is 10.3 Å². The average Bonchev–Trinajstić information content (AvgIpc) is 2.60. The van der Waals surface area contributed by atoms with Crippen molar-refractivity contribution in [3.05, 3.63) is 75.1 Å². The second-order valence-corrected chi connectivity index (χ2v) is 6.08. The Morgan fingerprint density at radius 2 is 1.96 bits per heavy atom. The molecule has 0 aliphatic rings. The summed E-state index contributed by atoms with van der Waals surface area (Å²) in [5.74, 6) is 0.362. The topological polar surface area (TPSA) is 71.2 Å². The molecule has 2 N–H and O–H groups in total. The molecule has 0 aliphatic carbocycles. The normalized spacial score (nSPS) is 10.7. The number of hydrogen-bond donors (Lipinski definition) is 2. The fourth-order valence-corrected chi connectivity index (χ4v) is 2.91. The van der Waals surface area contributed by atoms with E-state index in [2.05, 4.69) is 10.3 Å². The quantitative estimate of drug-likeness (QED) is 0.769. The molecule has 0 saturated carbocycles. The van der Waals surface area contributed by atoms with E-state index >= 15 is 0 Å². The number of hydrogen-bond acceptors (Lipinski definition) is 3. The number of fused-ring (bicyclic) bond motifs is 1. The van der Waals surface area contributed by atoms with Crippen LogP contribution in [0.3, 0.4) is 0 Å². The van der Waals surface area contributed by atoms with Gasteiger partial charge in [-0.25, -0.2) is 0 Å². The van der Waals surface area contributed by atoms with Crippen molar-refractivity contribution in [1.29, 1.82) is 0 Å². The number of ether oxygens (including phenoxy) is 1. The Balaban J connectivity index is 1.84. The summed E-state index contributed by atoms with van der Waals surface area (Å²) in [6.45, 7) is 4.14. The zero-order valence-electron chi connectivity index (χ0n) is 14.5. The number of H-pyrrole nitrogens is 1. The van der Waals surface area contributed by atoms with Gasteiger partial charge in [-0.2, -0.15) is 0 Å². The van der Waals surface area contributed by atoms with Crippen LogP contribution in [0.15, 0.2) is 47.3 Å². The molecule has 0 spiro atoms. The van der Waals surface area contributed by atoms with Gasteiger partial charge in [0.1, 0.15) is 5.75 Å². The molecule has 1 heterocycles. The smallest absolute Gasteiger partial charge is 0.253 e. The van der Waals surface area contributed by atoms with Crippen molar-refractivity contribution in [3.8, 4) is 5.75 Å². The minimum absolute atomic E-state index is 0.161. The maximum Gasteiger partial charge on any atom is 0.253 e. The predicted octanol–water partition coefficient (Wildman–Crippen LogP) is 3.08. The SMILES string of the molecule is COc1cccc(C(=O)NCc2cc3cc(C)cc(C)c3[nH]c2=O)c1. The van der Waals surface area contributed by atoms with E-state index < -0.39 is 0 Å². The van der Waals surface area contributed by atoms with Crippen LogP contribution in [0.4, 0.5) is 0 Å². The Kier molecular flexibility index (Phi) is 4.57. The zero-order valence-corrected chi connectivity index (χ0v) is 14.5. The molecule has 0 fully saturated rings. The van der Waals surface area contributed by atoms with Crippen molar-refractivity contribution in [2.24, 2.45) is 0 Å². The van der Waals surface area contributed by atoms with E-state index in [0.29, 0.717) is 16.9 Å². The second-order valence-electron chi connectivity index (χ2n) is 6.08. The van der Waals surface area contributed by atoms with Crippen LogP contribution in [0.2, 0.25) is 0 Å². The minimum Gasteiger partial charge on any atom is -0.497 e. The van der Waals surface area contributed by atoms with Crippen molar-refractivity contribution in [2.75, 3.05) is 7.11 Å². The fraction of sp³-hybridized carbons (Fsp3) is 0.200. The lowest BCUT2D eigenvalue weighted by Crippen LogP contribution is -2.26. The van der Waals surface area contributed by atoms with Crippen molar-refractivity contribution >= 4 is 16.8 Å². The number of benzene rings is 2. The van der Waals surface area contributed by atoms with E-state index in [1.54, 1.807) is 31.4 Å². The van der Waals surface area contributed by atoms with E-state index in [4.69, 9.17) is 4.74 Å². The van der Waals surface area contributed by atoms with Crippen LogP contribution < -0.4 is 15.6 Å². The first-order valence-electron chi connectivity index (χ1n) is 8.03. The van der Waals surface area contributed by atoms with Gasteiger partial charge in [0.25, 0.3) is 11.5 Å². The number of methoxy groups -OCH3 is 1. The molecule has 5 nitrogen and oxygen atoms in total. The molecular formula is C20H20N2O3. The number of aryl methyl sites for hydroxylation is 2. The van der Waals surface area contributed by atoms with E-state index in [0.717, 1.165) is 22.0 Å². The Morgan fingerprint density at radius 3 is 2.72 bits per heavy atom. The van der Waals surface area contributed by atoms with Crippen LogP contribution in [-0.2, 0) is 6.54 Å². The van der Waals surface area contributed by atoms with Gasteiger partial charge in [0.05, 0.1) is 12.6 Å². The van der Waals surface area contributed by atoms with Crippen LogP contribution in [-0.4, -0.2) is 18.0 Å². The Morgan fingerprint density at radius 1 is 1.16 bits per heavy atom. The number of carbonyl (C=O) groups excluding carboxylic acids is 1. The lowest BCUT2D eigenvalue weighted by Gasteiger charge is -2.09. The predicted molar refractivity (Wildman–Crippen MR) is 98.2 cm³/mol. The molecule has 1 aromatic heterocycles. The van der Waals surface area contributed by atoms with Crippen LogP contribution in [0.5, 0.6) is 5.75 Å². The molecule has 1 amide bonds. The Labute approximate surface area is 145 Å². The minimum atomic E-state index is -0.251. The van der Waals surface area contributed by atoms with Crippen LogP contribution in [0.1, 0.15) is 27.0 Å². The van der Waals surface area contributed by atoms with Gasteiger partial charge in [0, 0.05) is 17.7 Å². The van der Waals surface area contributed by atoms with Gasteiger partial charge in [-0.05, 0) is 55.1 Å². The molecule has 5 heteroatoms. The molecule has 2 aromatic carbocycles. The van der Waals surface area contributed by atoms with Gasteiger partial charge in [0.15, 0.2) is 0 Å². The lowest BCUT2D eigenvalue weighted by atomic mass is 10.1. The molecule has 0 bridgehead atoms. The standard InChI is InChI=1S/C20H20N2O3/c1-12-7-13(2)18-15(8-12)9-16(20(24)22-18)11-21-19(23)14-5-4-6-17(10-14)25-3/h4-10H,11H2,1-3H3,(H,21,23)(H,22,24). The average molecular weight is 336 g/mol. The van der Waals surface area contributed by atoms with E-state index in [1.165, 1.54) is 0 Å². The maximum atomic E-state index is 12.3. The lowest BCUT2D eigenvalue weighted by molar-refractivity contribution is 0.0950. The molecule has 0 aliphatic heterocycles. The summed E-state index contributed by atoms with van der Waals surface area (Å²) in [6.07, 6.45) is 0. The number of nitrogens with one attached hydrogen (secondary N) is 2. The molecule has 3 aromatic rings. The molecular weight excluding hydrogens is 316 g/mol. The molecule has 0 saturated heterocycles. The highest BCUT2D eigenvalue weighted by Crippen LogP contribution is 2.18. The van der Waals surface area contributed by atoms with E-state index in [1.807, 2.05) is 32.0 Å². The molecule has 0 radical (unpaired) electrons. The maximum absolute atomic E-state index is 12.3. The zero-order chi connectivity index (χ0) is 18.0. The summed E-state index contributed by atoms with van der Waals surface area (Å²) in [6, 6.07) is 12.8. The molecule has 3 rings (SSSR count). The summed E-state index contributed by atoms with van der Waals surface area (Å²) < 4.78 is 5.12. The first-order valence-corrected chi connectivity index (χ1v) is 8.03. The van der Waals surface area contributed by atoms with E-state index in [9.17, 15) is 9.59 Å². The third-order valence-electron chi connectivity index (χ3n) is 4.14. The number of carbonyl (C=O) groups is 1. The monoisotopic (exact) mass is 336 g/mol. The first-order chi connectivity index (χ1) is 12.0. The molecule has 0 atom stereocenters. The largest absolute Gasteiger partial charge is 0.497 e. The highest BCUT2D eigenvalue weighted by Gasteiger charge is 2.09. The third kappa shape index (κ3) is 3.55. The van der Waals surface area contributed by atoms with Gasteiger partial charge in [0.2, 0.25) is 0 Å². The molecule has 0 unspecified atom stereocenters. The van der Waals surface area contributed by atoms with Crippen LogP contribution in [0.25, 0.3) is 10.9 Å². The van der Waals surface area contributed by atoms with E-state index in [-0.39, 0.29) is 18.0 Å². The number of rotatable bonds is 4. The second kappa shape index (κ2) is 6.81. The number of pyridine rings is 1. The van der Waals surface area contributed by atoms with Gasteiger partial charge >= 0.3 is 0 Å². The Bertz CT molecular complexity index is 1010. The van der Waals surface area contributed by atoms with Crippen molar-refractivity contribution in [2.45, 2.75) is 20.4 Å². The van der Waals surface area contributed by atoms with Crippen molar-refractivity contribution in [3.63, 3.8) is 0 Å². The number of amides is 1. The summed E-state index contributed by atoms with van der Waals surface area (Å²) >= 11 is 0. The third-order valence-corrected chi connectivity index (χ3v) is 4.14. The fourth-order valence-electron chi connectivity index (χ4n) is 2.91. The summed E-state index contributed by atoms with van der Waals surface area (Å²) in [4.78, 5) is 27.5. The van der Waals surface area contributed by atoms with Crippen LogP contribution >= 0.6 is 0 Å². The number of aromatic nitrogens is 1. The summed E-state index contributed by atoms with van der Waals surface area (Å²) in [5.41, 5.74) is 3.81. The molecule has 25 heavy (non-hydrogen) atoms. The van der Waals surface area contributed by atoms with Gasteiger partial charge in [-0.1, -0.05) is 17.7 Å². The first kappa shape index (κ1) is 16.8. The van der Waals surface area contributed by atoms with Crippen LogP contribution in [0, 0.1) is 13.8 Å². The van der Waals surface area contributed by atoms with Crippen molar-refractivity contribution < 1.29 is 9.53 Å².